The highest BCUT2D eigenvalue weighted by atomic mass is 16.7. The number of hydrogen-bond acceptors (Lipinski definition) is 3. The van der Waals surface area contributed by atoms with E-state index in [0.717, 1.165) is 24.8 Å². The van der Waals surface area contributed by atoms with E-state index in [1.54, 1.807) is 0 Å². The van der Waals surface area contributed by atoms with Crippen LogP contribution in [-0.4, -0.2) is 11.8 Å². The second-order valence-electron chi connectivity index (χ2n) is 5.68. The van der Waals surface area contributed by atoms with Crippen LogP contribution in [0.3, 0.4) is 0 Å². The van der Waals surface area contributed by atoms with Crippen molar-refractivity contribution in [3.8, 4) is 0 Å². The average molecular weight is 260 g/mol. The van der Waals surface area contributed by atoms with Crippen LogP contribution in [0.1, 0.15) is 44.7 Å². The number of rotatable bonds is 1. The van der Waals surface area contributed by atoms with Gasteiger partial charge in [0.2, 0.25) is 0 Å². The summed E-state index contributed by atoms with van der Waals surface area (Å²) in [7, 11) is 0. The molecule has 0 unspecified atom stereocenters. The Morgan fingerprint density at radius 1 is 1.21 bits per heavy atom. The predicted octanol–water partition coefficient (Wildman–Crippen LogP) is 4.32. The quantitative estimate of drug-likeness (QED) is 0.705. The molecule has 3 heteroatoms. The second-order valence-corrected chi connectivity index (χ2v) is 5.68. The van der Waals surface area contributed by atoms with Crippen molar-refractivity contribution >= 4 is 11.9 Å². The molecule has 1 aromatic rings. The topological polar surface area (TPSA) is 35.5 Å². The summed E-state index contributed by atoms with van der Waals surface area (Å²) in [5.41, 5.74) is 1.67. The first kappa shape index (κ1) is 13.7. The lowest BCUT2D eigenvalue weighted by molar-refractivity contribution is 0.0147. The molecule has 3 nitrogen and oxygen atoms in total. The van der Waals surface area contributed by atoms with Gasteiger partial charge in [-0.25, -0.2) is 4.79 Å². The van der Waals surface area contributed by atoms with E-state index in [2.05, 4.69) is 6.07 Å². The van der Waals surface area contributed by atoms with Gasteiger partial charge in [0.15, 0.2) is 0 Å². The van der Waals surface area contributed by atoms with Crippen LogP contribution < -0.4 is 0 Å². The minimum Gasteiger partial charge on any atom is -0.428 e. The Hall–Kier alpha value is -1.77. The molecular formula is C16H20O3. The third-order valence-electron chi connectivity index (χ3n) is 2.85. The van der Waals surface area contributed by atoms with Gasteiger partial charge in [-0.15, -0.1) is 0 Å². The molecule has 0 saturated carbocycles. The van der Waals surface area contributed by atoms with Crippen LogP contribution in [0, 0.1) is 0 Å². The van der Waals surface area contributed by atoms with Crippen molar-refractivity contribution in [2.24, 2.45) is 0 Å². The second kappa shape index (κ2) is 5.47. The van der Waals surface area contributed by atoms with Crippen LogP contribution in [0.4, 0.5) is 4.79 Å². The summed E-state index contributed by atoms with van der Waals surface area (Å²) >= 11 is 0. The molecule has 0 aliphatic heterocycles. The maximum Gasteiger partial charge on any atom is 0.514 e. The van der Waals surface area contributed by atoms with Crippen molar-refractivity contribution < 1.29 is 14.3 Å². The first-order valence-electron chi connectivity index (χ1n) is 6.65. The molecule has 0 N–H and O–H groups in total. The summed E-state index contributed by atoms with van der Waals surface area (Å²) in [4.78, 5) is 11.8. The van der Waals surface area contributed by atoms with E-state index in [4.69, 9.17) is 9.47 Å². The maximum absolute atomic E-state index is 11.8. The molecule has 0 amide bonds. The molecule has 0 aromatic heterocycles. The summed E-state index contributed by atoms with van der Waals surface area (Å²) in [5.74, 6) is 0.613. The zero-order valence-corrected chi connectivity index (χ0v) is 11.7. The van der Waals surface area contributed by atoms with E-state index >= 15 is 0 Å². The van der Waals surface area contributed by atoms with Crippen LogP contribution in [0.25, 0.3) is 5.76 Å². The van der Waals surface area contributed by atoms with Crippen molar-refractivity contribution in [2.45, 2.75) is 45.6 Å². The van der Waals surface area contributed by atoms with Crippen molar-refractivity contribution in [2.75, 3.05) is 0 Å². The van der Waals surface area contributed by atoms with Crippen molar-refractivity contribution in [1.29, 1.82) is 0 Å². The smallest absolute Gasteiger partial charge is 0.428 e. The van der Waals surface area contributed by atoms with Gasteiger partial charge in [0.05, 0.1) is 0 Å². The highest BCUT2D eigenvalue weighted by Crippen LogP contribution is 2.27. The van der Waals surface area contributed by atoms with Crippen LogP contribution in [0.5, 0.6) is 0 Å². The number of carbonyl (C=O) groups excluding carboxylic acids is 1. The summed E-state index contributed by atoms with van der Waals surface area (Å²) in [6, 6.07) is 8.02. The van der Waals surface area contributed by atoms with E-state index < -0.39 is 11.8 Å². The molecule has 0 bridgehead atoms. The number of ether oxygens (including phenoxy) is 2. The van der Waals surface area contributed by atoms with Crippen molar-refractivity contribution in [1.82, 2.24) is 0 Å². The van der Waals surface area contributed by atoms with Crippen LogP contribution in [0.2, 0.25) is 0 Å². The van der Waals surface area contributed by atoms with E-state index in [0.29, 0.717) is 5.76 Å². The standard InChI is InChI=1S/C16H20O3/c1-16(2,3)19-15(17)18-14-11-7-5-9-12-8-4-6-10-13(12)14/h4,6,8,10-11H,5,7,9H2,1-3H3. The predicted molar refractivity (Wildman–Crippen MR) is 74.7 cm³/mol. The summed E-state index contributed by atoms with van der Waals surface area (Å²) in [6.07, 6.45) is 4.31. The molecule has 1 aliphatic carbocycles. The number of aryl methyl sites for hydroxylation is 1. The average Bonchev–Trinajstić information content (AvgIpc) is 2.50. The zero-order valence-electron chi connectivity index (χ0n) is 11.7. The van der Waals surface area contributed by atoms with Gasteiger partial charge in [-0.05, 0) is 51.7 Å². The van der Waals surface area contributed by atoms with Crippen LogP contribution in [-0.2, 0) is 15.9 Å². The highest BCUT2D eigenvalue weighted by Gasteiger charge is 2.21. The minimum absolute atomic E-state index is 0.540. The van der Waals surface area contributed by atoms with Gasteiger partial charge in [-0.2, -0.15) is 0 Å². The lowest BCUT2D eigenvalue weighted by Crippen LogP contribution is -2.24. The SMILES string of the molecule is CC(C)(C)OC(=O)OC1=CCCCc2ccccc21. The number of allylic oxidation sites excluding steroid dienone is 1. The fourth-order valence-electron chi connectivity index (χ4n) is 2.07. The van der Waals surface area contributed by atoms with Crippen LogP contribution in [0.15, 0.2) is 30.3 Å². The van der Waals surface area contributed by atoms with Crippen LogP contribution >= 0.6 is 0 Å². The van der Waals surface area contributed by atoms with E-state index in [9.17, 15) is 4.79 Å². The first-order valence-corrected chi connectivity index (χ1v) is 6.65. The van der Waals surface area contributed by atoms with Crippen molar-refractivity contribution in [3.05, 3.63) is 41.5 Å². The molecule has 0 heterocycles. The van der Waals surface area contributed by atoms with E-state index in [1.165, 1.54) is 5.56 Å². The Kier molecular flexibility index (Phi) is 3.93. The molecule has 0 radical (unpaired) electrons. The highest BCUT2D eigenvalue weighted by molar-refractivity contribution is 5.74. The molecule has 2 rings (SSSR count). The lowest BCUT2D eigenvalue weighted by atomic mass is 10.0. The number of fused-ring (bicyclic) bond motifs is 1. The Morgan fingerprint density at radius 3 is 2.68 bits per heavy atom. The van der Waals surface area contributed by atoms with E-state index in [1.807, 2.05) is 45.0 Å². The molecule has 0 saturated heterocycles. The molecule has 0 fully saturated rings. The molecule has 0 spiro atoms. The normalized spacial score (nSPS) is 15.0. The Balaban J connectivity index is 2.16. The molecular weight excluding hydrogens is 240 g/mol. The van der Waals surface area contributed by atoms with Gasteiger partial charge in [0.1, 0.15) is 11.4 Å². The van der Waals surface area contributed by atoms with Gasteiger partial charge in [0.25, 0.3) is 0 Å². The largest absolute Gasteiger partial charge is 0.514 e. The fraction of sp³-hybridized carbons (Fsp3) is 0.438. The third kappa shape index (κ3) is 3.85. The van der Waals surface area contributed by atoms with Gasteiger partial charge >= 0.3 is 6.16 Å². The first-order chi connectivity index (χ1) is 8.96. The number of benzene rings is 1. The monoisotopic (exact) mass is 260 g/mol. The minimum atomic E-state index is -0.643. The summed E-state index contributed by atoms with van der Waals surface area (Å²) < 4.78 is 10.6. The Labute approximate surface area is 114 Å². The Bertz CT molecular complexity index is 495. The van der Waals surface area contributed by atoms with Gasteiger partial charge < -0.3 is 9.47 Å². The van der Waals surface area contributed by atoms with Gasteiger partial charge in [-0.1, -0.05) is 24.3 Å². The van der Waals surface area contributed by atoms with Gasteiger partial charge in [-0.3, -0.25) is 0 Å². The zero-order chi connectivity index (χ0) is 13.9. The lowest BCUT2D eigenvalue weighted by Gasteiger charge is -2.19. The fourth-order valence-corrected chi connectivity index (χ4v) is 2.07. The molecule has 19 heavy (non-hydrogen) atoms. The van der Waals surface area contributed by atoms with Gasteiger partial charge in [0, 0.05) is 5.56 Å². The molecule has 0 atom stereocenters. The molecule has 102 valence electrons. The summed E-state index contributed by atoms with van der Waals surface area (Å²) in [5, 5.41) is 0. The Morgan fingerprint density at radius 2 is 1.95 bits per heavy atom. The third-order valence-corrected chi connectivity index (χ3v) is 2.85. The maximum atomic E-state index is 11.8. The number of hydrogen-bond donors (Lipinski definition) is 0. The number of carbonyl (C=O) groups is 1. The molecule has 1 aliphatic rings. The van der Waals surface area contributed by atoms with Crippen molar-refractivity contribution in [3.63, 3.8) is 0 Å². The van der Waals surface area contributed by atoms with E-state index in [-0.39, 0.29) is 0 Å². The summed E-state index contributed by atoms with van der Waals surface area (Å²) in [6.45, 7) is 5.47. The molecule has 1 aromatic carbocycles.